The highest BCUT2D eigenvalue weighted by atomic mass is 19.4. The number of allylic oxidation sites excluding steroid dienone is 1. The maximum absolute atomic E-state index is 14.4. The van der Waals surface area contributed by atoms with Gasteiger partial charge in [-0.25, -0.2) is 9.07 Å². The van der Waals surface area contributed by atoms with E-state index in [9.17, 15) is 22.4 Å². The van der Waals surface area contributed by atoms with Crippen LogP contribution in [0.3, 0.4) is 0 Å². The number of aromatic nitrogens is 3. The minimum atomic E-state index is -4.83. The number of hydrogen-bond donors (Lipinski definition) is 2. The number of rotatable bonds is 3. The van der Waals surface area contributed by atoms with E-state index in [0.29, 0.717) is 23.3 Å². The molecular formula is C24H17F4N5O. The van der Waals surface area contributed by atoms with Crippen molar-refractivity contribution in [1.29, 1.82) is 0 Å². The van der Waals surface area contributed by atoms with Crippen LogP contribution in [0, 0.1) is 5.82 Å². The second-order valence-electron chi connectivity index (χ2n) is 7.86. The zero-order valence-corrected chi connectivity index (χ0v) is 17.7. The highest BCUT2D eigenvalue weighted by molar-refractivity contribution is 6.06. The van der Waals surface area contributed by atoms with Crippen molar-refractivity contribution in [3.05, 3.63) is 95.3 Å². The van der Waals surface area contributed by atoms with Crippen molar-refractivity contribution in [1.82, 2.24) is 14.8 Å². The normalized spacial score (nSPS) is 15.7. The highest BCUT2D eigenvalue weighted by Crippen LogP contribution is 2.38. The van der Waals surface area contributed by atoms with Crippen molar-refractivity contribution in [2.24, 2.45) is 0 Å². The van der Waals surface area contributed by atoms with Gasteiger partial charge in [0.25, 0.3) is 5.91 Å². The number of fused-ring (bicyclic) bond motifs is 2. The van der Waals surface area contributed by atoms with Crippen LogP contribution >= 0.6 is 0 Å². The molecule has 1 amide bonds. The van der Waals surface area contributed by atoms with E-state index in [-0.39, 0.29) is 11.1 Å². The Hall–Kier alpha value is -4.21. The molecule has 4 aromatic rings. The van der Waals surface area contributed by atoms with Crippen molar-refractivity contribution >= 4 is 28.2 Å². The molecule has 0 radical (unpaired) electrons. The van der Waals surface area contributed by atoms with Gasteiger partial charge < -0.3 is 10.6 Å². The Bertz CT molecular complexity index is 1460. The zero-order valence-electron chi connectivity index (χ0n) is 17.7. The van der Waals surface area contributed by atoms with Crippen LogP contribution in [0.2, 0.25) is 0 Å². The lowest BCUT2D eigenvalue weighted by atomic mass is 9.93. The topological polar surface area (TPSA) is 71.8 Å². The van der Waals surface area contributed by atoms with E-state index < -0.39 is 29.5 Å². The Morgan fingerprint density at radius 1 is 1.06 bits per heavy atom. The van der Waals surface area contributed by atoms with Crippen LogP contribution in [0.5, 0.6) is 0 Å². The summed E-state index contributed by atoms with van der Waals surface area (Å²) in [7, 11) is 0. The molecule has 1 aliphatic heterocycles. The van der Waals surface area contributed by atoms with Gasteiger partial charge in [-0.3, -0.25) is 9.78 Å². The van der Waals surface area contributed by atoms with Crippen LogP contribution in [0.1, 0.15) is 24.1 Å². The van der Waals surface area contributed by atoms with Gasteiger partial charge in [-0.15, -0.1) is 0 Å². The molecule has 0 spiro atoms. The summed E-state index contributed by atoms with van der Waals surface area (Å²) in [5, 5.41) is 11.9. The molecule has 2 aromatic carbocycles. The average molecular weight is 467 g/mol. The first kappa shape index (κ1) is 21.6. The van der Waals surface area contributed by atoms with E-state index >= 15 is 0 Å². The maximum Gasteiger partial charge on any atom is 0.419 e. The summed E-state index contributed by atoms with van der Waals surface area (Å²) in [6.45, 7) is 1.67. The minimum absolute atomic E-state index is 0.158. The Morgan fingerprint density at radius 2 is 1.88 bits per heavy atom. The summed E-state index contributed by atoms with van der Waals surface area (Å²) >= 11 is 0. The molecule has 0 bridgehead atoms. The van der Waals surface area contributed by atoms with Gasteiger partial charge >= 0.3 is 6.18 Å². The summed E-state index contributed by atoms with van der Waals surface area (Å²) in [5.41, 5.74) is -0.0205. The summed E-state index contributed by atoms with van der Waals surface area (Å²) in [4.78, 5) is 17.5. The Morgan fingerprint density at radius 3 is 2.65 bits per heavy atom. The van der Waals surface area contributed by atoms with Crippen LogP contribution in [0.25, 0.3) is 10.8 Å². The van der Waals surface area contributed by atoms with Gasteiger partial charge in [0.2, 0.25) is 0 Å². The molecule has 34 heavy (non-hydrogen) atoms. The molecule has 6 nitrogen and oxygen atoms in total. The fourth-order valence-corrected chi connectivity index (χ4v) is 4.10. The van der Waals surface area contributed by atoms with Crippen molar-refractivity contribution < 1.29 is 22.4 Å². The van der Waals surface area contributed by atoms with Gasteiger partial charge in [0, 0.05) is 35.2 Å². The number of pyridine rings is 1. The number of nitrogens with one attached hydrogen (secondary N) is 2. The van der Waals surface area contributed by atoms with E-state index in [2.05, 4.69) is 20.7 Å². The minimum Gasteiger partial charge on any atom is -0.344 e. The monoisotopic (exact) mass is 467 g/mol. The third-order valence-corrected chi connectivity index (χ3v) is 5.67. The Kier molecular flexibility index (Phi) is 5.07. The number of amides is 1. The number of nitrogens with zero attached hydrogens (tertiary/aromatic N) is 3. The molecule has 5 rings (SSSR count). The first-order valence-electron chi connectivity index (χ1n) is 10.3. The molecular weight excluding hydrogens is 450 g/mol. The van der Waals surface area contributed by atoms with Gasteiger partial charge in [-0.05, 0) is 48.2 Å². The van der Waals surface area contributed by atoms with Crippen LogP contribution < -0.4 is 10.6 Å². The second-order valence-corrected chi connectivity index (χ2v) is 7.86. The smallest absolute Gasteiger partial charge is 0.344 e. The van der Waals surface area contributed by atoms with Crippen molar-refractivity contribution in [3.8, 4) is 0 Å². The van der Waals surface area contributed by atoms with Gasteiger partial charge in [0.05, 0.1) is 17.3 Å². The quantitative estimate of drug-likeness (QED) is 0.390. The third kappa shape index (κ3) is 3.76. The molecule has 1 atom stereocenters. The molecule has 172 valence electrons. The fourth-order valence-electron chi connectivity index (χ4n) is 4.10. The molecule has 0 fully saturated rings. The average Bonchev–Trinajstić information content (AvgIpc) is 3.25. The summed E-state index contributed by atoms with van der Waals surface area (Å²) in [6.07, 6.45) is -0.000387. The SMILES string of the molecule is CC1=C(C(=O)Nc2ccc3cnccc3c2)C(c2ccc(C(F)(F)F)c(F)c2)n2nccc2N1. The second kappa shape index (κ2) is 7.98. The van der Waals surface area contributed by atoms with E-state index in [1.165, 1.54) is 10.9 Å². The molecule has 10 heteroatoms. The lowest BCUT2D eigenvalue weighted by Crippen LogP contribution is -2.31. The predicted molar refractivity (Wildman–Crippen MR) is 118 cm³/mol. The molecule has 2 aromatic heterocycles. The molecule has 3 heterocycles. The van der Waals surface area contributed by atoms with E-state index in [1.54, 1.807) is 37.5 Å². The molecule has 0 saturated carbocycles. The largest absolute Gasteiger partial charge is 0.419 e. The number of hydrogen-bond acceptors (Lipinski definition) is 4. The van der Waals surface area contributed by atoms with Gasteiger partial charge in [-0.2, -0.15) is 18.3 Å². The third-order valence-electron chi connectivity index (χ3n) is 5.67. The Balaban J connectivity index is 1.55. The molecule has 0 aliphatic carbocycles. The first-order valence-corrected chi connectivity index (χ1v) is 10.3. The zero-order chi connectivity index (χ0) is 24.0. The molecule has 0 saturated heterocycles. The van der Waals surface area contributed by atoms with Crippen molar-refractivity contribution in [3.63, 3.8) is 0 Å². The van der Waals surface area contributed by atoms with Crippen molar-refractivity contribution in [2.45, 2.75) is 19.1 Å². The number of alkyl halides is 3. The molecule has 1 aliphatic rings. The van der Waals surface area contributed by atoms with Crippen LogP contribution in [-0.2, 0) is 11.0 Å². The van der Waals surface area contributed by atoms with Crippen molar-refractivity contribution in [2.75, 3.05) is 10.6 Å². The molecule has 2 N–H and O–H groups in total. The van der Waals surface area contributed by atoms with Crippen LogP contribution in [0.15, 0.2) is 78.4 Å². The van der Waals surface area contributed by atoms with Gasteiger partial charge in [0.1, 0.15) is 17.7 Å². The number of benzene rings is 2. The summed E-state index contributed by atoms with van der Waals surface area (Å²) < 4.78 is 55.1. The van der Waals surface area contributed by atoms with Crippen LogP contribution in [0.4, 0.5) is 29.1 Å². The number of halogens is 4. The number of carbonyl (C=O) groups is 1. The number of anilines is 2. The number of carbonyl (C=O) groups excluding carboxylic acids is 1. The van der Waals surface area contributed by atoms with Crippen LogP contribution in [-0.4, -0.2) is 20.7 Å². The van der Waals surface area contributed by atoms with E-state index in [0.717, 1.165) is 22.9 Å². The van der Waals surface area contributed by atoms with Gasteiger partial charge in [-0.1, -0.05) is 12.1 Å². The molecule has 1 unspecified atom stereocenters. The van der Waals surface area contributed by atoms with Gasteiger partial charge in [0.15, 0.2) is 0 Å². The standard InChI is InChI=1S/C24H17F4N5O/c1-13-21(23(34)32-17-4-2-16-12-29-8-6-14(16)10-17)22(33-20(31-13)7-9-30-33)15-3-5-18(19(25)11-15)24(26,27)28/h2-12,22,31H,1H3,(H,32,34). The predicted octanol–water partition coefficient (Wildman–Crippen LogP) is 5.52. The maximum atomic E-state index is 14.4. The van der Waals surface area contributed by atoms with E-state index in [1.807, 2.05) is 12.1 Å². The Labute approximate surface area is 190 Å². The summed E-state index contributed by atoms with van der Waals surface area (Å²) in [6, 6.07) is 10.5. The first-order chi connectivity index (χ1) is 16.2. The fraction of sp³-hybridized carbons (Fsp3) is 0.125. The summed E-state index contributed by atoms with van der Waals surface area (Å²) in [5.74, 6) is -1.39. The lowest BCUT2D eigenvalue weighted by molar-refractivity contribution is -0.140. The van der Waals surface area contributed by atoms with E-state index in [4.69, 9.17) is 0 Å². The lowest BCUT2D eigenvalue weighted by Gasteiger charge is -2.30. The highest BCUT2D eigenvalue weighted by Gasteiger charge is 2.37.